The van der Waals surface area contributed by atoms with Crippen LogP contribution in [0, 0.1) is 0 Å². The number of hydrogen-bond acceptors (Lipinski definition) is 4. The second-order valence-corrected chi connectivity index (χ2v) is 2.43. The lowest BCUT2D eigenvalue weighted by molar-refractivity contribution is -0.159. The lowest BCUT2D eigenvalue weighted by Crippen LogP contribution is -2.09. The zero-order valence-corrected chi connectivity index (χ0v) is 8.53. The molecule has 2 N–H and O–H groups in total. The average Bonchev–Trinajstić information content (AvgIpc) is 1.83. The van der Waals surface area contributed by atoms with Gasteiger partial charge in [-0.25, -0.2) is 9.59 Å². The molecule has 0 spiro atoms. The van der Waals surface area contributed by atoms with E-state index in [2.05, 4.69) is 0 Å². The maximum atomic E-state index is 9.44. The molecule has 0 atom stereocenters. The van der Waals surface area contributed by atoms with Crippen molar-refractivity contribution in [2.75, 3.05) is 0 Å². The number of ketones is 2. The van der Waals surface area contributed by atoms with Gasteiger partial charge in [0, 0.05) is 0 Å². The van der Waals surface area contributed by atoms with Crippen LogP contribution in [0.2, 0.25) is 0 Å². The molecule has 0 fully saturated rings. The van der Waals surface area contributed by atoms with Crippen LogP contribution in [-0.2, 0) is 19.2 Å². The molecule has 0 aliphatic heterocycles. The summed E-state index contributed by atoms with van der Waals surface area (Å²) < 4.78 is 0. The summed E-state index contributed by atoms with van der Waals surface area (Å²) in [5, 5.41) is 14.8. The SMILES string of the molecule is CC(C)=O.CC(C)=O.O=C(O)C(=O)O. The third kappa shape index (κ3) is 170. The van der Waals surface area contributed by atoms with E-state index in [0.29, 0.717) is 0 Å². The largest absolute Gasteiger partial charge is 0.473 e. The van der Waals surface area contributed by atoms with Crippen LogP contribution in [0.1, 0.15) is 27.7 Å². The monoisotopic (exact) mass is 206 g/mol. The fourth-order valence-electron chi connectivity index (χ4n) is 0. The van der Waals surface area contributed by atoms with Crippen LogP contribution in [-0.4, -0.2) is 33.7 Å². The van der Waals surface area contributed by atoms with Crippen LogP contribution in [0.15, 0.2) is 0 Å². The molecular formula is C8H14O6. The Bertz CT molecular complexity index is 186. The molecule has 0 amide bonds. The molecule has 0 rings (SSSR count). The summed E-state index contributed by atoms with van der Waals surface area (Å²) in [5.41, 5.74) is 0. The summed E-state index contributed by atoms with van der Waals surface area (Å²) in [7, 11) is 0. The van der Waals surface area contributed by atoms with Crippen molar-refractivity contribution in [3.8, 4) is 0 Å². The smallest absolute Gasteiger partial charge is 0.414 e. The molecule has 0 aromatic heterocycles. The highest BCUT2D eigenvalue weighted by Gasteiger charge is 2.04. The van der Waals surface area contributed by atoms with Gasteiger partial charge in [-0.2, -0.15) is 0 Å². The van der Waals surface area contributed by atoms with Crippen molar-refractivity contribution in [3.05, 3.63) is 0 Å². The summed E-state index contributed by atoms with van der Waals surface area (Å²) in [5.74, 6) is -3.31. The molecule has 0 saturated carbocycles. The summed E-state index contributed by atoms with van der Waals surface area (Å²) in [4.78, 5) is 37.1. The minimum absolute atomic E-state index is 0.167. The third-order valence-electron chi connectivity index (χ3n) is 0.183. The molecule has 0 unspecified atom stereocenters. The Morgan fingerprint density at radius 2 is 0.714 bits per heavy atom. The minimum Gasteiger partial charge on any atom is -0.473 e. The number of carbonyl (C=O) groups excluding carboxylic acids is 2. The molecule has 0 aliphatic carbocycles. The third-order valence-corrected chi connectivity index (χ3v) is 0.183. The maximum absolute atomic E-state index is 9.44. The first-order valence-electron chi connectivity index (χ1n) is 3.51. The van der Waals surface area contributed by atoms with E-state index in [1.165, 1.54) is 27.7 Å². The summed E-state index contributed by atoms with van der Waals surface area (Å²) in [6.07, 6.45) is 0. The summed E-state index contributed by atoms with van der Waals surface area (Å²) in [6.45, 7) is 6.11. The normalized spacial score (nSPS) is 6.86. The number of Topliss-reactive ketones (excluding diaryl/α,β-unsaturated/α-hetero) is 2. The molecule has 0 heterocycles. The zero-order chi connectivity index (χ0) is 12.3. The first kappa shape index (κ1) is 18.1. The first-order chi connectivity index (χ1) is 6.11. The van der Waals surface area contributed by atoms with Crippen molar-refractivity contribution in [3.63, 3.8) is 0 Å². The molecule has 14 heavy (non-hydrogen) atoms. The highest BCUT2D eigenvalue weighted by atomic mass is 16.4. The molecule has 82 valence electrons. The Kier molecular flexibility index (Phi) is 14.6. The van der Waals surface area contributed by atoms with Crippen molar-refractivity contribution >= 4 is 23.5 Å². The quantitative estimate of drug-likeness (QED) is 0.553. The van der Waals surface area contributed by atoms with Crippen molar-refractivity contribution in [1.82, 2.24) is 0 Å². The van der Waals surface area contributed by atoms with E-state index < -0.39 is 11.9 Å². The van der Waals surface area contributed by atoms with Gasteiger partial charge in [-0.05, 0) is 27.7 Å². The van der Waals surface area contributed by atoms with Crippen LogP contribution in [0.4, 0.5) is 0 Å². The number of hydrogen-bond donors (Lipinski definition) is 2. The fraction of sp³-hybridized carbons (Fsp3) is 0.500. The predicted octanol–water partition coefficient (Wildman–Crippen LogP) is 0.346. The van der Waals surface area contributed by atoms with Crippen LogP contribution in [0.25, 0.3) is 0 Å². The van der Waals surface area contributed by atoms with Gasteiger partial charge in [-0.15, -0.1) is 0 Å². The molecule has 0 aliphatic rings. The molecule has 6 heteroatoms. The van der Waals surface area contributed by atoms with E-state index in [4.69, 9.17) is 19.8 Å². The van der Waals surface area contributed by atoms with Gasteiger partial charge in [0.1, 0.15) is 11.6 Å². The van der Waals surface area contributed by atoms with Crippen molar-refractivity contribution in [1.29, 1.82) is 0 Å². The molecular weight excluding hydrogens is 192 g/mol. The van der Waals surface area contributed by atoms with Crippen molar-refractivity contribution < 1.29 is 29.4 Å². The van der Waals surface area contributed by atoms with Gasteiger partial charge >= 0.3 is 11.9 Å². The Morgan fingerprint density at radius 3 is 0.714 bits per heavy atom. The van der Waals surface area contributed by atoms with Gasteiger partial charge in [-0.3, -0.25) is 0 Å². The highest BCUT2D eigenvalue weighted by molar-refractivity contribution is 6.27. The summed E-state index contributed by atoms with van der Waals surface area (Å²) in [6, 6.07) is 0. The molecule has 0 aromatic carbocycles. The van der Waals surface area contributed by atoms with Gasteiger partial charge in [0.2, 0.25) is 0 Å². The molecule has 0 saturated heterocycles. The second-order valence-electron chi connectivity index (χ2n) is 2.43. The Morgan fingerprint density at radius 1 is 0.643 bits per heavy atom. The van der Waals surface area contributed by atoms with Crippen LogP contribution < -0.4 is 0 Å². The number of carboxylic acids is 2. The topological polar surface area (TPSA) is 109 Å². The number of carboxylic acid groups (broad SMARTS) is 2. The highest BCUT2D eigenvalue weighted by Crippen LogP contribution is 1.56. The van der Waals surface area contributed by atoms with Gasteiger partial charge in [0.25, 0.3) is 0 Å². The first-order valence-corrected chi connectivity index (χ1v) is 3.51. The summed E-state index contributed by atoms with van der Waals surface area (Å²) >= 11 is 0. The van der Waals surface area contributed by atoms with Crippen molar-refractivity contribution in [2.45, 2.75) is 27.7 Å². The predicted molar refractivity (Wildman–Crippen MR) is 48.0 cm³/mol. The number of aliphatic carboxylic acids is 2. The van der Waals surface area contributed by atoms with Gasteiger partial charge in [-0.1, -0.05) is 0 Å². The molecule has 0 radical (unpaired) electrons. The van der Waals surface area contributed by atoms with E-state index in [0.717, 1.165) is 0 Å². The van der Waals surface area contributed by atoms with Crippen LogP contribution in [0.3, 0.4) is 0 Å². The zero-order valence-electron chi connectivity index (χ0n) is 8.53. The Balaban J connectivity index is -0.000000135. The molecule has 6 nitrogen and oxygen atoms in total. The lowest BCUT2D eigenvalue weighted by atomic mass is 10.6. The number of carbonyl (C=O) groups is 4. The van der Waals surface area contributed by atoms with E-state index >= 15 is 0 Å². The molecule has 0 bridgehead atoms. The number of rotatable bonds is 0. The van der Waals surface area contributed by atoms with Crippen LogP contribution >= 0.6 is 0 Å². The van der Waals surface area contributed by atoms with E-state index in [-0.39, 0.29) is 11.6 Å². The van der Waals surface area contributed by atoms with Gasteiger partial charge < -0.3 is 19.8 Å². The van der Waals surface area contributed by atoms with Gasteiger partial charge in [0.15, 0.2) is 0 Å². The van der Waals surface area contributed by atoms with E-state index in [9.17, 15) is 9.59 Å². The van der Waals surface area contributed by atoms with Crippen molar-refractivity contribution in [2.24, 2.45) is 0 Å². The van der Waals surface area contributed by atoms with E-state index in [1.54, 1.807) is 0 Å². The second kappa shape index (κ2) is 11.3. The Labute approximate surface area is 81.5 Å². The fourth-order valence-corrected chi connectivity index (χ4v) is 0. The average molecular weight is 206 g/mol. The standard InChI is InChI=1S/2C3H6O.C2H2O4/c2*1-3(2)4;3-1(4)2(5)6/h2*1-2H3;(H,3,4)(H,5,6). The molecule has 0 aromatic rings. The maximum Gasteiger partial charge on any atom is 0.414 e. The van der Waals surface area contributed by atoms with E-state index in [1.807, 2.05) is 0 Å². The lowest BCUT2D eigenvalue weighted by Gasteiger charge is -1.72. The van der Waals surface area contributed by atoms with Gasteiger partial charge in [0.05, 0.1) is 0 Å². The minimum atomic E-state index is -1.82. The van der Waals surface area contributed by atoms with Crippen LogP contribution in [0.5, 0.6) is 0 Å². The Hall–Kier alpha value is -1.72.